The molecule has 0 radical (unpaired) electrons. The third kappa shape index (κ3) is 4.45. The lowest BCUT2D eigenvalue weighted by Crippen LogP contribution is -2.11. The number of benzene rings is 1. The minimum Gasteiger partial charge on any atom is -0.454 e. The van der Waals surface area contributed by atoms with E-state index in [0.29, 0.717) is 23.7 Å². The average Bonchev–Trinajstić information content (AvgIpc) is 2.92. The molecule has 1 aromatic heterocycles. The van der Waals surface area contributed by atoms with Gasteiger partial charge in [-0.15, -0.1) is 5.10 Å². The molecule has 0 N–H and O–H groups in total. The Bertz CT molecular complexity index is 672. The second-order valence-corrected chi connectivity index (χ2v) is 6.25. The van der Waals surface area contributed by atoms with Gasteiger partial charge < -0.3 is 4.74 Å². The average molecular weight is 322 g/mol. The summed E-state index contributed by atoms with van der Waals surface area (Å²) in [6.07, 6.45) is 2.51. The highest BCUT2D eigenvalue weighted by Crippen LogP contribution is 2.10. The highest BCUT2D eigenvalue weighted by Gasteiger charge is 2.12. The molecule has 0 aliphatic carbocycles. The number of aryl methyl sites for hydroxylation is 1. The SMILES string of the molecule is CCCn1nnnc1COC(=O)c1cccc(CS(C)=O)c1. The lowest BCUT2D eigenvalue weighted by Gasteiger charge is -2.06. The molecule has 1 atom stereocenters. The second-order valence-electron chi connectivity index (χ2n) is 4.81. The molecule has 7 nitrogen and oxygen atoms in total. The zero-order valence-electron chi connectivity index (χ0n) is 12.6. The Hall–Kier alpha value is -2.09. The smallest absolute Gasteiger partial charge is 0.338 e. The summed E-state index contributed by atoms with van der Waals surface area (Å²) in [7, 11) is -0.954. The van der Waals surface area contributed by atoms with Crippen molar-refractivity contribution in [3.05, 3.63) is 41.2 Å². The predicted molar refractivity (Wildman–Crippen MR) is 81.4 cm³/mol. The Morgan fingerprint density at radius 3 is 2.95 bits per heavy atom. The zero-order valence-corrected chi connectivity index (χ0v) is 13.4. The van der Waals surface area contributed by atoms with Crippen LogP contribution in [-0.4, -0.2) is 36.6 Å². The van der Waals surface area contributed by atoms with E-state index >= 15 is 0 Å². The van der Waals surface area contributed by atoms with E-state index in [1.54, 1.807) is 29.1 Å². The Kier molecular flexibility index (Phi) is 5.76. The summed E-state index contributed by atoms with van der Waals surface area (Å²) in [6, 6.07) is 6.94. The van der Waals surface area contributed by atoms with Crippen LogP contribution < -0.4 is 0 Å². The molecule has 0 aliphatic heterocycles. The molecule has 118 valence electrons. The van der Waals surface area contributed by atoms with Gasteiger partial charge in [0.05, 0.1) is 5.56 Å². The van der Waals surface area contributed by atoms with Crippen molar-refractivity contribution in [2.24, 2.45) is 0 Å². The highest BCUT2D eigenvalue weighted by molar-refractivity contribution is 7.83. The highest BCUT2D eigenvalue weighted by atomic mass is 32.2. The number of esters is 1. The minimum absolute atomic E-state index is 0.0236. The van der Waals surface area contributed by atoms with Crippen LogP contribution in [0.15, 0.2) is 24.3 Å². The molecule has 8 heteroatoms. The van der Waals surface area contributed by atoms with E-state index in [4.69, 9.17) is 4.74 Å². The molecule has 1 unspecified atom stereocenters. The Morgan fingerprint density at radius 1 is 1.41 bits per heavy atom. The number of rotatable bonds is 7. The van der Waals surface area contributed by atoms with E-state index in [2.05, 4.69) is 15.5 Å². The second kappa shape index (κ2) is 7.79. The van der Waals surface area contributed by atoms with Crippen molar-refractivity contribution in [3.8, 4) is 0 Å². The third-order valence-corrected chi connectivity index (χ3v) is 3.65. The Labute approximate surface area is 131 Å². The number of carbonyl (C=O) groups excluding carboxylic acids is 1. The molecule has 0 saturated carbocycles. The first kappa shape index (κ1) is 16.3. The van der Waals surface area contributed by atoms with Gasteiger partial charge in [-0.05, 0) is 34.5 Å². The van der Waals surface area contributed by atoms with Gasteiger partial charge in [0, 0.05) is 29.4 Å². The van der Waals surface area contributed by atoms with Crippen molar-refractivity contribution in [2.75, 3.05) is 6.26 Å². The maximum Gasteiger partial charge on any atom is 0.338 e. The van der Waals surface area contributed by atoms with E-state index in [9.17, 15) is 9.00 Å². The lowest BCUT2D eigenvalue weighted by molar-refractivity contribution is 0.0456. The molecule has 2 rings (SSSR count). The number of nitrogens with zero attached hydrogens (tertiary/aromatic N) is 4. The Balaban J connectivity index is 2.00. The van der Waals surface area contributed by atoms with Crippen LogP contribution in [0.4, 0.5) is 0 Å². The number of tetrazole rings is 1. The van der Waals surface area contributed by atoms with Gasteiger partial charge in [-0.2, -0.15) is 0 Å². The van der Waals surface area contributed by atoms with E-state index in [0.717, 1.165) is 12.0 Å². The lowest BCUT2D eigenvalue weighted by atomic mass is 10.1. The molecular weight excluding hydrogens is 304 g/mol. The molecule has 1 aromatic carbocycles. The van der Waals surface area contributed by atoms with Gasteiger partial charge in [-0.25, -0.2) is 9.48 Å². The molecule has 2 aromatic rings. The molecule has 0 amide bonds. The Morgan fingerprint density at radius 2 is 2.23 bits per heavy atom. The fourth-order valence-electron chi connectivity index (χ4n) is 1.95. The predicted octanol–water partition coefficient (Wildman–Crippen LogP) is 1.32. The van der Waals surface area contributed by atoms with E-state index in [-0.39, 0.29) is 6.61 Å². The molecule has 0 aliphatic rings. The molecule has 0 saturated heterocycles. The molecule has 0 fully saturated rings. The van der Waals surface area contributed by atoms with Crippen LogP contribution in [0.25, 0.3) is 0 Å². The van der Waals surface area contributed by atoms with Gasteiger partial charge in [-0.1, -0.05) is 19.1 Å². The van der Waals surface area contributed by atoms with Gasteiger partial charge >= 0.3 is 5.97 Å². The summed E-state index contributed by atoms with van der Waals surface area (Å²) >= 11 is 0. The first-order chi connectivity index (χ1) is 10.6. The zero-order chi connectivity index (χ0) is 15.9. The maximum atomic E-state index is 12.1. The molecule has 1 heterocycles. The van der Waals surface area contributed by atoms with Gasteiger partial charge in [0.15, 0.2) is 12.4 Å². The number of carbonyl (C=O) groups is 1. The van der Waals surface area contributed by atoms with Crippen LogP contribution in [0, 0.1) is 0 Å². The molecular formula is C14H18N4O3S. The van der Waals surface area contributed by atoms with Gasteiger partial charge in [0.25, 0.3) is 0 Å². The quantitative estimate of drug-likeness (QED) is 0.715. The summed E-state index contributed by atoms with van der Waals surface area (Å²) in [5, 5.41) is 11.3. The van der Waals surface area contributed by atoms with Crippen molar-refractivity contribution >= 4 is 16.8 Å². The van der Waals surface area contributed by atoms with E-state index in [1.165, 1.54) is 0 Å². The maximum absolute atomic E-state index is 12.1. The normalized spacial score (nSPS) is 12.1. The monoisotopic (exact) mass is 322 g/mol. The number of hydrogen-bond donors (Lipinski definition) is 0. The molecule has 22 heavy (non-hydrogen) atoms. The van der Waals surface area contributed by atoms with E-state index < -0.39 is 16.8 Å². The fraction of sp³-hybridized carbons (Fsp3) is 0.429. The number of aromatic nitrogens is 4. The van der Waals surface area contributed by atoms with Crippen LogP contribution in [0.5, 0.6) is 0 Å². The largest absolute Gasteiger partial charge is 0.454 e. The van der Waals surface area contributed by atoms with Crippen molar-refractivity contribution in [2.45, 2.75) is 32.2 Å². The van der Waals surface area contributed by atoms with Crippen molar-refractivity contribution in [1.29, 1.82) is 0 Å². The van der Waals surface area contributed by atoms with Crippen LogP contribution in [0.2, 0.25) is 0 Å². The summed E-state index contributed by atoms with van der Waals surface area (Å²) in [6.45, 7) is 2.72. The summed E-state index contributed by atoms with van der Waals surface area (Å²) in [4.78, 5) is 12.1. The number of hydrogen-bond acceptors (Lipinski definition) is 6. The minimum atomic E-state index is -0.954. The van der Waals surface area contributed by atoms with Crippen LogP contribution >= 0.6 is 0 Å². The van der Waals surface area contributed by atoms with Gasteiger partial charge in [0.1, 0.15) is 0 Å². The van der Waals surface area contributed by atoms with Gasteiger partial charge in [0.2, 0.25) is 0 Å². The third-order valence-electron chi connectivity index (χ3n) is 2.91. The first-order valence-corrected chi connectivity index (χ1v) is 8.64. The first-order valence-electron chi connectivity index (χ1n) is 6.91. The van der Waals surface area contributed by atoms with Crippen LogP contribution in [0.3, 0.4) is 0 Å². The summed E-state index contributed by atoms with van der Waals surface area (Å²) in [5.41, 5.74) is 1.27. The van der Waals surface area contributed by atoms with Crippen molar-refractivity contribution in [1.82, 2.24) is 20.2 Å². The standard InChI is InChI=1S/C14H18N4O3S/c1-3-7-18-13(15-16-17-18)9-21-14(19)12-6-4-5-11(8-12)10-22(2)20/h4-6,8H,3,7,9-10H2,1-2H3. The van der Waals surface area contributed by atoms with Crippen molar-refractivity contribution < 1.29 is 13.7 Å². The molecule has 0 bridgehead atoms. The van der Waals surface area contributed by atoms with Crippen LogP contribution in [0.1, 0.15) is 35.1 Å². The summed E-state index contributed by atoms with van der Waals surface area (Å²) < 4.78 is 18.1. The fourth-order valence-corrected chi connectivity index (χ4v) is 2.60. The van der Waals surface area contributed by atoms with E-state index in [1.807, 2.05) is 13.0 Å². The number of ether oxygens (including phenoxy) is 1. The summed E-state index contributed by atoms with van der Waals surface area (Å²) in [5.74, 6) is 0.478. The van der Waals surface area contributed by atoms with Gasteiger partial charge in [-0.3, -0.25) is 4.21 Å². The van der Waals surface area contributed by atoms with Crippen molar-refractivity contribution in [3.63, 3.8) is 0 Å². The van der Waals surface area contributed by atoms with Crippen LogP contribution in [-0.2, 0) is 34.4 Å². The molecule has 0 spiro atoms. The topological polar surface area (TPSA) is 87.0 Å².